The van der Waals surface area contributed by atoms with E-state index < -0.39 is 0 Å². The average Bonchev–Trinajstić information content (AvgIpc) is 2.23. The van der Waals surface area contributed by atoms with Gasteiger partial charge in [0.25, 0.3) is 0 Å². The summed E-state index contributed by atoms with van der Waals surface area (Å²) in [6.07, 6.45) is 0. The van der Waals surface area contributed by atoms with Gasteiger partial charge in [0.2, 0.25) is 0 Å². The highest BCUT2D eigenvalue weighted by molar-refractivity contribution is 5.61. The molecule has 0 amide bonds. The van der Waals surface area contributed by atoms with Gasteiger partial charge in [0.1, 0.15) is 17.3 Å². The first kappa shape index (κ1) is 8.69. The smallest absolute Gasteiger partial charge is 0.149 e. The highest BCUT2D eigenvalue weighted by Crippen LogP contribution is 2.20. The van der Waals surface area contributed by atoms with Crippen LogP contribution in [0.15, 0.2) is 42.5 Å². The van der Waals surface area contributed by atoms with Gasteiger partial charge in [-0.15, -0.1) is 0 Å². The van der Waals surface area contributed by atoms with Crippen LogP contribution in [0.3, 0.4) is 0 Å². The summed E-state index contributed by atoms with van der Waals surface area (Å²) in [6.45, 7) is 0. The molecule has 2 N–H and O–H groups in total. The van der Waals surface area contributed by atoms with E-state index in [1.165, 1.54) is 12.1 Å². The molecule has 1 aromatic heterocycles. The zero-order valence-corrected chi connectivity index (χ0v) is 7.44. The van der Waals surface area contributed by atoms with Crippen LogP contribution in [-0.2, 0) is 0 Å². The minimum atomic E-state index is -0.356. The number of nitrogen functional groups attached to an aromatic ring is 1. The fraction of sp³-hybridized carbons (Fsp3) is 0. The molecule has 14 heavy (non-hydrogen) atoms. The first-order valence-corrected chi connectivity index (χ1v) is 4.25. The van der Waals surface area contributed by atoms with Crippen molar-refractivity contribution in [3.05, 3.63) is 48.3 Å². The van der Waals surface area contributed by atoms with E-state index in [9.17, 15) is 4.39 Å². The third-order valence-corrected chi connectivity index (χ3v) is 1.91. The van der Waals surface area contributed by atoms with E-state index in [0.717, 1.165) is 5.56 Å². The summed E-state index contributed by atoms with van der Waals surface area (Å²) in [5.41, 5.74) is 6.52. The summed E-state index contributed by atoms with van der Waals surface area (Å²) in [5.74, 6) is -0.0318. The Morgan fingerprint density at radius 1 is 1.00 bits per heavy atom. The molecule has 0 radical (unpaired) electrons. The van der Waals surface area contributed by atoms with E-state index in [2.05, 4.69) is 4.98 Å². The number of nitrogens with zero attached hydrogens (tertiary/aromatic N) is 1. The minimum Gasteiger partial charge on any atom is -0.384 e. The van der Waals surface area contributed by atoms with E-state index >= 15 is 0 Å². The van der Waals surface area contributed by atoms with Gasteiger partial charge < -0.3 is 5.73 Å². The SMILES string of the molecule is Nc1ccc(F)c(-c2ccccc2)n1. The van der Waals surface area contributed by atoms with Crippen molar-refractivity contribution in [2.45, 2.75) is 0 Å². The lowest BCUT2D eigenvalue weighted by molar-refractivity contribution is 0.626. The molecule has 70 valence electrons. The van der Waals surface area contributed by atoms with E-state index in [4.69, 9.17) is 5.73 Å². The van der Waals surface area contributed by atoms with Crippen molar-refractivity contribution in [2.75, 3.05) is 5.73 Å². The second kappa shape index (κ2) is 3.46. The lowest BCUT2D eigenvalue weighted by atomic mass is 10.1. The Hall–Kier alpha value is -1.90. The lowest BCUT2D eigenvalue weighted by Crippen LogP contribution is -1.94. The number of nitrogens with two attached hydrogens (primary N) is 1. The summed E-state index contributed by atoms with van der Waals surface area (Å²) >= 11 is 0. The second-order valence-corrected chi connectivity index (χ2v) is 2.93. The Morgan fingerprint density at radius 3 is 2.43 bits per heavy atom. The number of hydrogen-bond acceptors (Lipinski definition) is 2. The molecule has 2 rings (SSSR count). The Morgan fingerprint density at radius 2 is 1.71 bits per heavy atom. The fourth-order valence-electron chi connectivity index (χ4n) is 1.26. The van der Waals surface area contributed by atoms with Gasteiger partial charge in [0.15, 0.2) is 0 Å². The Balaban J connectivity index is 2.57. The first-order chi connectivity index (χ1) is 6.77. The van der Waals surface area contributed by atoms with Crippen LogP contribution in [0.4, 0.5) is 10.2 Å². The molecule has 1 aromatic carbocycles. The molecule has 0 aliphatic carbocycles. The molecule has 0 atom stereocenters. The standard InChI is InChI=1S/C11H9FN2/c12-9-6-7-10(13)14-11(9)8-4-2-1-3-5-8/h1-7H,(H2,13,14). The molecule has 0 saturated carbocycles. The van der Waals surface area contributed by atoms with Crippen molar-refractivity contribution in [3.8, 4) is 11.3 Å². The number of halogens is 1. The molecular weight excluding hydrogens is 179 g/mol. The predicted molar refractivity (Wildman–Crippen MR) is 54.0 cm³/mol. The number of pyridine rings is 1. The van der Waals surface area contributed by atoms with Crippen molar-refractivity contribution in [3.63, 3.8) is 0 Å². The van der Waals surface area contributed by atoms with Crippen LogP contribution in [0, 0.1) is 5.82 Å². The van der Waals surface area contributed by atoms with Crippen molar-refractivity contribution >= 4 is 5.82 Å². The Labute approximate surface area is 81.2 Å². The van der Waals surface area contributed by atoms with E-state index in [-0.39, 0.29) is 5.82 Å². The Kier molecular flexibility index (Phi) is 2.14. The molecule has 0 fully saturated rings. The van der Waals surface area contributed by atoms with Gasteiger partial charge in [-0.3, -0.25) is 0 Å². The van der Waals surface area contributed by atoms with Crippen LogP contribution in [-0.4, -0.2) is 4.98 Å². The predicted octanol–water partition coefficient (Wildman–Crippen LogP) is 2.47. The van der Waals surface area contributed by atoms with Crippen LogP contribution >= 0.6 is 0 Å². The fourth-order valence-corrected chi connectivity index (χ4v) is 1.26. The number of benzene rings is 1. The number of anilines is 1. The number of rotatable bonds is 1. The molecule has 0 saturated heterocycles. The first-order valence-electron chi connectivity index (χ1n) is 4.25. The average molecular weight is 188 g/mol. The van der Waals surface area contributed by atoms with E-state index in [1.54, 1.807) is 12.1 Å². The van der Waals surface area contributed by atoms with Crippen LogP contribution in [0.2, 0.25) is 0 Å². The summed E-state index contributed by atoms with van der Waals surface area (Å²) in [5, 5.41) is 0. The van der Waals surface area contributed by atoms with Crippen LogP contribution < -0.4 is 5.73 Å². The molecule has 3 heteroatoms. The van der Waals surface area contributed by atoms with Gasteiger partial charge in [-0.25, -0.2) is 9.37 Å². The largest absolute Gasteiger partial charge is 0.384 e. The zero-order valence-electron chi connectivity index (χ0n) is 7.44. The highest BCUT2D eigenvalue weighted by atomic mass is 19.1. The van der Waals surface area contributed by atoms with Gasteiger partial charge >= 0.3 is 0 Å². The van der Waals surface area contributed by atoms with Crippen molar-refractivity contribution < 1.29 is 4.39 Å². The van der Waals surface area contributed by atoms with Crippen molar-refractivity contribution in [1.82, 2.24) is 4.98 Å². The van der Waals surface area contributed by atoms with Crippen LogP contribution in [0.5, 0.6) is 0 Å². The summed E-state index contributed by atoms with van der Waals surface area (Å²) < 4.78 is 13.3. The Bertz CT molecular complexity index is 440. The van der Waals surface area contributed by atoms with E-state index in [1.807, 2.05) is 18.2 Å². The van der Waals surface area contributed by atoms with Crippen molar-refractivity contribution in [2.24, 2.45) is 0 Å². The molecule has 0 aliphatic heterocycles. The molecule has 2 nitrogen and oxygen atoms in total. The molecular formula is C11H9FN2. The van der Waals surface area contributed by atoms with Gasteiger partial charge in [-0.1, -0.05) is 30.3 Å². The van der Waals surface area contributed by atoms with E-state index in [0.29, 0.717) is 11.5 Å². The molecule has 0 unspecified atom stereocenters. The number of aromatic nitrogens is 1. The van der Waals surface area contributed by atoms with Gasteiger partial charge in [0, 0.05) is 5.56 Å². The normalized spacial score (nSPS) is 10.1. The maximum absolute atomic E-state index is 13.3. The third-order valence-electron chi connectivity index (χ3n) is 1.91. The quantitative estimate of drug-likeness (QED) is 0.746. The zero-order chi connectivity index (χ0) is 9.97. The molecule has 0 aliphatic rings. The molecule has 2 aromatic rings. The monoisotopic (exact) mass is 188 g/mol. The lowest BCUT2D eigenvalue weighted by Gasteiger charge is -2.02. The highest BCUT2D eigenvalue weighted by Gasteiger charge is 2.05. The second-order valence-electron chi connectivity index (χ2n) is 2.93. The van der Waals surface area contributed by atoms with Crippen molar-refractivity contribution in [1.29, 1.82) is 0 Å². The number of hydrogen-bond donors (Lipinski definition) is 1. The van der Waals surface area contributed by atoms with Crippen LogP contribution in [0.1, 0.15) is 0 Å². The summed E-state index contributed by atoms with van der Waals surface area (Å²) in [7, 11) is 0. The third kappa shape index (κ3) is 1.57. The summed E-state index contributed by atoms with van der Waals surface area (Å²) in [4.78, 5) is 3.95. The van der Waals surface area contributed by atoms with Gasteiger partial charge in [-0.2, -0.15) is 0 Å². The maximum atomic E-state index is 13.3. The molecule has 0 spiro atoms. The van der Waals surface area contributed by atoms with Gasteiger partial charge in [0.05, 0.1) is 0 Å². The molecule has 0 bridgehead atoms. The summed E-state index contributed by atoms with van der Waals surface area (Å²) in [6, 6.07) is 11.9. The maximum Gasteiger partial charge on any atom is 0.149 e. The minimum absolute atomic E-state index is 0.297. The topological polar surface area (TPSA) is 38.9 Å². The molecule has 1 heterocycles. The van der Waals surface area contributed by atoms with Gasteiger partial charge in [-0.05, 0) is 12.1 Å². The van der Waals surface area contributed by atoms with Crippen LogP contribution in [0.25, 0.3) is 11.3 Å².